The first-order chi connectivity index (χ1) is 9.75. The van der Waals surface area contributed by atoms with Crippen molar-refractivity contribution >= 4 is 22.5 Å². The van der Waals surface area contributed by atoms with E-state index in [1.54, 1.807) is 6.20 Å². The number of aliphatic hydroxyl groups is 1. The van der Waals surface area contributed by atoms with Gasteiger partial charge in [0, 0.05) is 29.7 Å². The lowest BCUT2D eigenvalue weighted by atomic mass is 10.1. The van der Waals surface area contributed by atoms with Gasteiger partial charge in [0.05, 0.1) is 11.6 Å². The second-order valence-corrected chi connectivity index (χ2v) is 5.90. The van der Waals surface area contributed by atoms with E-state index in [1.165, 1.54) is 0 Å². The van der Waals surface area contributed by atoms with Crippen LogP contribution in [-0.2, 0) is 6.54 Å². The average molecular weight is 291 g/mol. The molecule has 2 atom stereocenters. The van der Waals surface area contributed by atoms with Gasteiger partial charge in [-0.25, -0.2) is 0 Å². The van der Waals surface area contributed by atoms with Crippen molar-refractivity contribution in [1.29, 1.82) is 0 Å². The molecule has 0 amide bonds. The summed E-state index contributed by atoms with van der Waals surface area (Å²) in [6, 6.07) is 7.85. The number of nitrogens with one attached hydrogen (secondary N) is 1. The van der Waals surface area contributed by atoms with Gasteiger partial charge in [0.2, 0.25) is 0 Å². The summed E-state index contributed by atoms with van der Waals surface area (Å²) in [5.41, 5.74) is 2.11. The summed E-state index contributed by atoms with van der Waals surface area (Å²) in [5, 5.41) is 15.0. The van der Waals surface area contributed by atoms with E-state index in [1.807, 2.05) is 24.3 Å². The van der Waals surface area contributed by atoms with Crippen LogP contribution in [0.25, 0.3) is 10.9 Å². The van der Waals surface area contributed by atoms with Crippen LogP contribution in [0.1, 0.15) is 24.8 Å². The standard InChI is InChI=1S/C16H19ClN2O/c17-14-7-6-12(16-13(14)4-2-8-19-16)10-18-9-11-3-1-5-15(11)20/h2,4,6-8,11,15,18,20H,1,3,5,9-10H2. The summed E-state index contributed by atoms with van der Waals surface area (Å²) in [6.07, 6.45) is 4.86. The van der Waals surface area contributed by atoms with Gasteiger partial charge in [-0.3, -0.25) is 4.98 Å². The predicted octanol–water partition coefficient (Wildman–Crippen LogP) is 3.14. The highest BCUT2D eigenvalue weighted by molar-refractivity contribution is 6.35. The summed E-state index contributed by atoms with van der Waals surface area (Å²) in [7, 11) is 0. The Morgan fingerprint density at radius 3 is 3.00 bits per heavy atom. The highest BCUT2D eigenvalue weighted by Crippen LogP contribution is 2.26. The van der Waals surface area contributed by atoms with Gasteiger partial charge in [0.1, 0.15) is 0 Å². The topological polar surface area (TPSA) is 45.1 Å². The third-order valence-corrected chi connectivity index (χ3v) is 4.47. The summed E-state index contributed by atoms with van der Waals surface area (Å²) >= 11 is 6.19. The lowest BCUT2D eigenvalue weighted by Crippen LogP contribution is -2.27. The number of hydrogen-bond donors (Lipinski definition) is 2. The number of hydrogen-bond acceptors (Lipinski definition) is 3. The number of halogens is 1. The van der Waals surface area contributed by atoms with E-state index < -0.39 is 0 Å². The van der Waals surface area contributed by atoms with Gasteiger partial charge in [0.25, 0.3) is 0 Å². The van der Waals surface area contributed by atoms with Gasteiger partial charge >= 0.3 is 0 Å². The van der Waals surface area contributed by atoms with Gasteiger partial charge in [-0.05, 0) is 42.5 Å². The molecular formula is C16H19ClN2O. The first-order valence-electron chi connectivity index (χ1n) is 7.16. The first kappa shape index (κ1) is 13.8. The Hall–Kier alpha value is -1.16. The Bertz CT molecular complexity index is 602. The average Bonchev–Trinajstić information content (AvgIpc) is 2.87. The smallest absolute Gasteiger partial charge is 0.0761 e. The van der Waals surface area contributed by atoms with Gasteiger partial charge in [-0.15, -0.1) is 0 Å². The Kier molecular flexibility index (Phi) is 4.20. The van der Waals surface area contributed by atoms with Crippen LogP contribution in [0.3, 0.4) is 0 Å². The molecule has 3 rings (SSSR count). The zero-order valence-electron chi connectivity index (χ0n) is 11.3. The molecule has 2 N–H and O–H groups in total. The fraction of sp³-hybridized carbons (Fsp3) is 0.438. The van der Waals surface area contributed by atoms with Crippen LogP contribution >= 0.6 is 11.6 Å². The molecule has 2 unspecified atom stereocenters. The van der Waals surface area contributed by atoms with Crippen molar-refractivity contribution in [2.75, 3.05) is 6.54 Å². The van der Waals surface area contributed by atoms with Crippen molar-refractivity contribution < 1.29 is 5.11 Å². The minimum absolute atomic E-state index is 0.136. The Labute approximate surface area is 124 Å². The van der Waals surface area contributed by atoms with E-state index in [0.29, 0.717) is 5.92 Å². The maximum Gasteiger partial charge on any atom is 0.0761 e. The molecule has 0 aliphatic heterocycles. The van der Waals surface area contributed by atoms with Crippen LogP contribution in [0.15, 0.2) is 30.5 Å². The molecule has 106 valence electrons. The summed E-state index contributed by atoms with van der Waals surface area (Å²) in [5.74, 6) is 0.390. The number of fused-ring (bicyclic) bond motifs is 1. The molecule has 1 heterocycles. The lowest BCUT2D eigenvalue weighted by molar-refractivity contribution is 0.131. The Morgan fingerprint density at radius 1 is 1.30 bits per heavy atom. The molecular weight excluding hydrogens is 272 g/mol. The zero-order chi connectivity index (χ0) is 13.9. The van der Waals surface area contributed by atoms with Crippen LogP contribution in [0.5, 0.6) is 0 Å². The molecule has 0 radical (unpaired) electrons. The number of aromatic nitrogens is 1. The van der Waals surface area contributed by atoms with Gasteiger partial charge in [0.15, 0.2) is 0 Å². The maximum absolute atomic E-state index is 9.82. The molecule has 4 heteroatoms. The van der Waals surface area contributed by atoms with E-state index in [-0.39, 0.29) is 6.10 Å². The van der Waals surface area contributed by atoms with Gasteiger partial charge in [-0.2, -0.15) is 0 Å². The second kappa shape index (κ2) is 6.08. The molecule has 0 saturated heterocycles. The van der Waals surface area contributed by atoms with Crippen molar-refractivity contribution in [2.24, 2.45) is 5.92 Å². The van der Waals surface area contributed by atoms with Gasteiger partial charge < -0.3 is 10.4 Å². The zero-order valence-corrected chi connectivity index (χ0v) is 12.1. The molecule has 1 aliphatic carbocycles. The lowest BCUT2D eigenvalue weighted by Gasteiger charge is -2.15. The highest BCUT2D eigenvalue weighted by Gasteiger charge is 2.24. The molecule has 1 fully saturated rings. The van der Waals surface area contributed by atoms with Gasteiger partial charge in [-0.1, -0.05) is 24.1 Å². The number of pyridine rings is 1. The predicted molar refractivity (Wildman–Crippen MR) is 81.8 cm³/mol. The molecule has 1 aromatic carbocycles. The molecule has 0 spiro atoms. The third kappa shape index (κ3) is 2.80. The minimum Gasteiger partial charge on any atom is -0.393 e. The van der Waals surface area contributed by atoms with Crippen LogP contribution < -0.4 is 5.32 Å². The van der Waals surface area contributed by atoms with Crippen molar-refractivity contribution in [2.45, 2.75) is 31.9 Å². The molecule has 0 bridgehead atoms. The van der Waals surface area contributed by atoms with E-state index in [2.05, 4.69) is 10.3 Å². The fourth-order valence-corrected chi connectivity index (χ4v) is 3.20. The molecule has 2 aromatic rings. The summed E-state index contributed by atoms with van der Waals surface area (Å²) in [6.45, 7) is 1.62. The number of nitrogens with zero attached hydrogens (tertiary/aromatic N) is 1. The molecule has 1 aromatic heterocycles. The molecule has 1 saturated carbocycles. The minimum atomic E-state index is -0.136. The first-order valence-corrected chi connectivity index (χ1v) is 7.54. The van der Waals surface area contributed by atoms with Crippen molar-refractivity contribution in [3.05, 3.63) is 41.0 Å². The van der Waals surface area contributed by atoms with Crippen LogP contribution in [0.2, 0.25) is 5.02 Å². The fourth-order valence-electron chi connectivity index (χ4n) is 2.99. The van der Waals surface area contributed by atoms with Crippen molar-refractivity contribution in [3.63, 3.8) is 0 Å². The number of benzene rings is 1. The van der Waals surface area contributed by atoms with Crippen molar-refractivity contribution in [3.8, 4) is 0 Å². The highest BCUT2D eigenvalue weighted by atomic mass is 35.5. The van der Waals surface area contributed by atoms with Crippen molar-refractivity contribution in [1.82, 2.24) is 10.3 Å². The third-order valence-electron chi connectivity index (χ3n) is 4.14. The molecule has 1 aliphatic rings. The van der Waals surface area contributed by atoms with Crippen LogP contribution in [0, 0.1) is 5.92 Å². The Morgan fingerprint density at radius 2 is 2.20 bits per heavy atom. The summed E-state index contributed by atoms with van der Waals surface area (Å²) in [4.78, 5) is 4.43. The molecule has 20 heavy (non-hydrogen) atoms. The summed E-state index contributed by atoms with van der Waals surface area (Å²) < 4.78 is 0. The van der Waals surface area contributed by atoms with E-state index in [9.17, 15) is 5.11 Å². The normalized spacial score (nSPS) is 22.5. The number of rotatable bonds is 4. The Balaban J connectivity index is 1.70. The number of aliphatic hydroxyl groups excluding tert-OH is 1. The van der Waals surface area contributed by atoms with E-state index in [4.69, 9.17) is 11.6 Å². The second-order valence-electron chi connectivity index (χ2n) is 5.50. The monoisotopic (exact) mass is 290 g/mol. The SMILES string of the molecule is OC1CCCC1CNCc1ccc(Cl)c2cccnc12. The van der Waals surface area contributed by atoms with E-state index >= 15 is 0 Å². The van der Waals surface area contributed by atoms with Crippen LogP contribution in [-0.4, -0.2) is 22.7 Å². The quantitative estimate of drug-likeness (QED) is 0.909. The maximum atomic E-state index is 9.82. The van der Waals surface area contributed by atoms with E-state index in [0.717, 1.165) is 53.8 Å². The van der Waals surface area contributed by atoms with Crippen LogP contribution in [0.4, 0.5) is 0 Å². The largest absolute Gasteiger partial charge is 0.393 e. The molecule has 3 nitrogen and oxygen atoms in total.